The minimum atomic E-state index is -0.301. The second kappa shape index (κ2) is 7.98. The molecule has 1 heterocycles. The first kappa shape index (κ1) is 18.5. The first-order valence-corrected chi connectivity index (χ1v) is 9.36. The van der Waals surface area contributed by atoms with E-state index in [1.54, 1.807) is 31.3 Å². The summed E-state index contributed by atoms with van der Waals surface area (Å²) in [7, 11) is 3.14. The third-order valence-corrected chi connectivity index (χ3v) is 5.61. The van der Waals surface area contributed by atoms with Crippen LogP contribution >= 0.6 is 0 Å². The zero-order valence-electron chi connectivity index (χ0n) is 15.8. The van der Waals surface area contributed by atoms with Gasteiger partial charge in [-0.1, -0.05) is 19.8 Å². The van der Waals surface area contributed by atoms with Gasteiger partial charge in [0.25, 0.3) is 0 Å². The Balaban J connectivity index is 1.67. The van der Waals surface area contributed by atoms with Gasteiger partial charge in [-0.2, -0.15) is 0 Å². The first-order chi connectivity index (χ1) is 12.5. The molecule has 1 saturated heterocycles. The van der Waals surface area contributed by atoms with E-state index in [1.165, 1.54) is 6.42 Å². The zero-order chi connectivity index (χ0) is 18.7. The molecule has 2 aliphatic rings. The van der Waals surface area contributed by atoms with Gasteiger partial charge in [-0.25, -0.2) is 0 Å². The molecular formula is C20H28N2O4. The van der Waals surface area contributed by atoms with Crippen molar-refractivity contribution < 1.29 is 19.1 Å². The van der Waals surface area contributed by atoms with E-state index in [9.17, 15) is 9.59 Å². The number of benzene rings is 1. The topological polar surface area (TPSA) is 67.9 Å². The highest BCUT2D eigenvalue weighted by molar-refractivity contribution is 6.00. The second-order valence-electron chi connectivity index (χ2n) is 7.32. The Hall–Kier alpha value is -2.24. The van der Waals surface area contributed by atoms with Crippen molar-refractivity contribution in [1.82, 2.24) is 5.32 Å². The number of anilines is 1. The van der Waals surface area contributed by atoms with Gasteiger partial charge in [-0.3, -0.25) is 9.59 Å². The maximum atomic E-state index is 12.7. The maximum absolute atomic E-state index is 12.7. The van der Waals surface area contributed by atoms with Gasteiger partial charge in [0.05, 0.1) is 20.1 Å². The molecule has 1 aliphatic carbocycles. The Morgan fingerprint density at radius 1 is 1.15 bits per heavy atom. The van der Waals surface area contributed by atoms with Crippen LogP contribution in [0, 0.1) is 11.8 Å². The highest BCUT2D eigenvalue weighted by Gasteiger charge is 2.36. The zero-order valence-corrected chi connectivity index (χ0v) is 15.8. The molecular weight excluding hydrogens is 332 g/mol. The van der Waals surface area contributed by atoms with Crippen LogP contribution in [0.2, 0.25) is 0 Å². The second-order valence-corrected chi connectivity index (χ2v) is 7.32. The highest BCUT2D eigenvalue weighted by atomic mass is 16.5. The SMILES string of the molecule is COc1ccc(N2C[C@H](C(=O)N[C@@H]3CCCC[C@@H]3C)CC2=O)cc1OC. The lowest BCUT2D eigenvalue weighted by molar-refractivity contribution is -0.127. The lowest BCUT2D eigenvalue weighted by Crippen LogP contribution is -2.44. The predicted octanol–water partition coefficient (Wildman–Crippen LogP) is 2.75. The Morgan fingerprint density at radius 2 is 1.88 bits per heavy atom. The van der Waals surface area contributed by atoms with Crippen LogP contribution in [0.15, 0.2) is 18.2 Å². The fraction of sp³-hybridized carbons (Fsp3) is 0.600. The monoisotopic (exact) mass is 360 g/mol. The van der Waals surface area contributed by atoms with E-state index in [0.29, 0.717) is 24.0 Å². The number of nitrogens with zero attached hydrogens (tertiary/aromatic N) is 1. The molecule has 3 rings (SSSR count). The van der Waals surface area contributed by atoms with Crippen LogP contribution in [-0.2, 0) is 9.59 Å². The summed E-state index contributed by atoms with van der Waals surface area (Å²) in [5, 5.41) is 3.18. The standard InChI is InChI=1S/C20H28N2O4/c1-13-6-4-5-7-16(13)21-20(24)14-10-19(23)22(12-14)15-8-9-17(25-2)18(11-15)26-3/h8-9,11,13-14,16H,4-7,10,12H2,1-3H3,(H,21,24)/t13-,14+,16+/m0/s1. The summed E-state index contributed by atoms with van der Waals surface area (Å²) in [5.41, 5.74) is 0.731. The number of carbonyl (C=O) groups excluding carboxylic acids is 2. The molecule has 1 aromatic rings. The minimum Gasteiger partial charge on any atom is -0.493 e. The molecule has 1 N–H and O–H groups in total. The number of hydrogen-bond donors (Lipinski definition) is 1. The predicted molar refractivity (Wildman–Crippen MR) is 99.6 cm³/mol. The van der Waals surface area contributed by atoms with E-state index >= 15 is 0 Å². The fourth-order valence-electron chi connectivity index (χ4n) is 3.96. The molecule has 0 unspecified atom stereocenters. The quantitative estimate of drug-likeness (QED) is 0.877. The molecule has 6 heteroatoms. The van der Waals surface area contributed by atoms with Gasteiger partial charge in [-0.05, 0) is 30.9 Å². The summed E-state index contributed by atoms with van der Waals surface area (Å²) < 4.78 is 10.6. The summed E-state index contributed by atoms with van der Waals surface area (Å²) >= 11 is 0. The van der Waals surface area contributed by atoms with Crippen LogP contribution in [0.4, 0.5) is 5.69 Å². The van der Waals surface area contributed by atoms with Crippen LogP contribution in [0.3, 0.4) is 0 Å². The van der Waals surface area contributed by atoms with Gasteiger partial charge in [0.2, 0.25) is 11.8 Å². The average Bonchev–Trinajstić information content (AvgIpc) is 3.05. The number of carbonyl (C=O) groups is 2. The fourth-order valence-corrected chi connectivity index (χ4v) is 3.96. The highest BCUT2D eigenvalue weighted by Crippen LogP contribution is 2.34. The van der Waals surface area contributed by atoms with Gasteiger partial charge in [0.1, 0.15) is 0 Å². The molecule has 2 amide bonds. The Morgan fingerprint density at radius 3 is 2.58 bits per heavy atom. The molecule has 1 saturated carbocycles. The van der Waals surface area contributed by atoms with Crippen molar-refractivity contribution in [2.75, 3.05) is 25.7 Å². The Kier molecular flexibility index (Phi) is 5.69. The number of hydrogen-bond acceptors (Lipinski definition) is 4. The summed E-state index contributed by atoms with van der Waals surface area (Å²) in [4.78, 5) is 26.8. The molecule has 6 nitrogen and oxygen atoms in total. The lowest BCUT2D eigenvalue weighted by atomic mass is 9.85. The largest absolute Gasteiger partial charge is 0.493 e. The summed E-state index contributed by atoms with van der Waals surface area (Å²) in [6.45, 7) is 2.60. The molecule has 0 aromatic heterocycles. The molecule has 0 radical (unpaired) electrons. The first-order valence-electron chi connectivity index (χ1n) is 9.36. The summed E-state index contributed by atoms with van der Waals surface area (Å²) in [6, 6.07) is 5.61. The number of amides is 2. The molecule has 142 valence electrons. The Bertz CT molecular complexity index is 676. The van der Waals surface area contributed by atoms with E-state index < -0.39 is 0 Å². The third kappa shape index (κ3) is 3.79. The van der Waals surface area contributed by atoms with Crippen LogP contribution in [0.5, 0.6) is 11.5 Å². The van der Waals surface area contributed by atoms with Gasteiger partial charge in [0.15, 0.2) is 11.5 Å². The molecule has 1 aromatic carbocycles. The number of rotatable bonds is 5. The van der Waals surface area contributed by atoms with Crippen molar-refractivity contribution in [1.29, 1.82) is 0 Å². The van der Waals surface area contributed by atoms with E-state index in [-0.39, 0.29) is 30.2 Å². The maximum Gasteiger partial charge on any atom is 0.227 e. The van der Waals surface area contributed by atoms with Crippen molar-refractivity contribution in [3.8, 4) is 11.5 Å². The van der Waals surface area contributed by atoms with Crippen LogP contribution < -0.4 is 19.7 Å². The van der Waals surface area contributed by atoms with Crippen molar-refractivity contribution in [2.45, 2.75) is 45.1 Å². The summed E-state index contributed by atoms with van der Waals surface area (Å²) in [5.74, 6) is 1.36. The van der Waals surface area contributed by atoms with E-state index in [0.717, 1.165) is 24.9 Å². The summed E-state index contributed by atoms with van der Waals surface area (Å²) in [6.07, 6.45) is 4.85. The molecule has 26 heavy (non-hydrogen) atoms. The molecule has 0 spiro atoms. The molecule has 1 aliphatic heterocycles. The third-order valence-electron chi connectivity index (χ3n) is 5.61. The molecule has 2 fully saturated rings. The van der Waals surface area contributed by atoms with Gasteiger partial charge in [0, 0.05) is 30.8 Å². The van der Waals surface area contributed by atoms with E-state index in [1.807, 2.05) is 6.07 Å². The van der Waals surface area contributed by atoms with Gasteiger partial charge < -0.3 is 19.7 Å². The Labute approximate surface area is 154 Å². The molecule has 3 atom stereocenters. The van der Waals surface area contributed by atoms with Crippen LogP contribution in [0.25, 0.3) is 0 Å². The average molecular weight is 360 g/mol. The van der Waals surface area contributed by atoms with Crippen molar-refractivity contribution in [2.24, 2.45) is 11.8 Å². The number of ether oxygens (including phenoxy) is 2. The minimum absolute atomic E-state index is 0.0000710. The van der Waals surface area contributed by atoms with Crippen LogP contribution in [0.1, 0.15) is 39.0 Å². The lowest BCUT2D eigenvalue weighted by Gasteiger charge is -2.30. The number of nitrogens with one attached hydrogen (secondary N) is 1. The van der Waals surface area contributed by atoms with Crippen molar-refractivity contribution in [3.63, 3.8) is 0 Å². The van der Waals surface area contributed by atoms with Crippen molar-refractivity contribution in [3.05, 3.63) is 18.2 Å². The van der Waals surface area contributed by atoms with Crippen molar-refractivity contribution >= 4 is 17.5 Å². The van der Waals surface area contributed by atoms with Crippen LogP contribution in [-0.4, -0.2) is 38.6 Å². The van der Waals surface area contributed by atoms with E-state index in [4.69, 9.17) is 9.47 Å². The molecule has 0 bridgehead atoms. The normalized spacial score (nSPS) is 25.9. The van der Waals surface area contributed by atoms with Gasteiger partial charge in [-0.15, -0.1) is 0 Å². The van der Waals surface area contributed by atoms with Gasteiger partial charge >= 0.3 is 0 Å². The van der Waals surface area contributed by atoms with E-state index in [2.05, 4.69) is 12.2 Å². The number of methoxy groups -OCH3 is 2. The smallest absolute Gasteiger partial charge is 0.227 e.